The van der Waals surface area contributed by atoms with Crippen LogP contribution in [0.25, 0.3) is 33.3 Å². The molecule has 0 saturated carbocycles. The van der Waals surface area contributed by atoms with E-state index in [1.54, 1.807) is 12.1 Å². The Bertz CT molecular complexity index is 1360. The normalized spacial score (nSPS) is 14.6. The number of nitriles is 1. The third kappa shape index (κ3) is 4.21. The Hall–Kier alpha value is -3.67. The van der Waals surface area contributed by atoms with Crippen molar-refractivity contribution >= 4 is 21.9 Å². The number of rotatable bonds is 6. The van der Waals surface area contributed by atoms with Crippen molar-refractivity contribution in [2.45, 2.75) is 6.42 Å². The van der Waals surface area contributed by atoms with Crippen molar-refractivity contribution < 1.29 is 9.47 Å². The summed E-state index contributed by atoms with van der Waals surface area (Å²) in [6.07, 6.45) is 0.930. The molecule has 4 aromatic rings. The molecule has 2 aromatic heterocycles. The van der Waals surface area contributed by atoms with Gasteiger partial charge < -0.3 is 19.4 Å². The van der Waals surface area contributed by atoms with Crippen molar-refractivity contribution in [2.24, 2.45) is 0 Å². The Balaban J connectivity index is 1.32. The van der Waals surface area contributed by atoms with Crippen LogP contribution < -0.4 is 10.3 Å². The number of nitrogens with one attached hydrogen (secondary N) is 2. The van der Waals surface area contributed by atoms with E-state index in [1.165, 1.54) is 0 Å². The monoisotopic (exact) mass is 429 g/mol. The third-order valence-corrected chi connectivity index (χ3v) is 5.66. The zero-order chi connectivity index (χ0) is 21.9. The fourth-order valence-electron chi connectivity index (χ4n) is 3.97. The van der Waals surface area contributed by atoms with Gasteiger partial charge in [-0.2, -0.15) is 5.26 Å². The molecule has 2 aromatic carbocycles. The molecule has 32 heavy (non-hydrogen) atoms. The number of hydrogen-bond donors (Lipinski definition) is 2. The quantitative estimate of drug-likeness (QED) is 0.456. The summed E-state index contributed by atoms with van der Waals surface area (Å²) in [6.45, 7) is 5.14. The van der Waals surface area contributed by atoms with Gasteiger partial charge in [-0.25, -0.2) is 4.98 Å². The van der Waals surface area contributed by atoms with E-state index in [0.717, 1.165) is 50.2 Å². The first-order valence-electron chi connectivity index (χ1n) is 10.7. The van der Waals surface area contributed by atoms with Gasteiger partial charge >= 0.3 is 0 Å². The fourth-order valence-corrected chi connectivity index (χ4v) is 3.97. The molecule has 162 valence electrons. The molecule has 1 aliphatic heterocycles. The van der Waals surface area contributed by atoms with E-state index in [0.29, 0.717) is 40.3 Å². The Morgan fingerprint density at radius 1 is 1.09 bits per heavy atom. The summed E-state index contributed by atoms with van der Waals surface area (Å²) in [4.78, 5) is 25.8. The van der Waals surface area contributed by atoms with Gasteiger partial charge in [-0.15, -0.1) is 0 Å². The first kappa shape index (κ1) is 20.2. The number of benzene rings is 2. The number of H-pyrrole nitrogens is 2. The second kappa shape index (κ2) is 8.83. The predicted molar refractivity (Wildman–Crippen MR) is 122 cm³/mol. The summed E-state index contributed by atoms with van der Waals surface area (Å²) in [5.41, 5.74) is 3.37. The van der Waals surface area contributed by atoms with E-state index in [-0.39, 0.29) is 5.56 Å². The molecule has 0 bridgehead atoms. The number of nitrogens with zero attached hydrogens (tertiary/aromatic N) is 3. The van der Waals surface area contributed by atoms with Crippen LogP contribution >= 0.6 is 0 Å². The molecular weight excluding hydrogens is 406 g/mol. The summed E-state index contributed by atoms with van der Waals surface area (Å²) < 4.78 is 11.2. The SMILES string of the molecule is N#Cc1ccc2[nH]c(-c3nc4ccc(OCCCN5CCOCC5)cc4[nH]c3=O)cc2c1. The molecule has 0 radical (unpaired) electrons. The highest BCUT2D eigenvalue weighted by Gasteiger charge is 2.12. The molecule has 1 fully saturated rings. The van der Waals surface area contributed by atoms with E-state index < -0.39 is 0 Å². The highest BCUT2D eigenvalue weighted by atomic mass is 16.5. The highest BCUT2D eigenvalue weighted by molar-refractivity contribution is 5.87. The van der Waals surface area contributed by atoms with Gasteiger partial charge in [0, 0.05) is 36.6 Å². The van der Waals surface area contributed by atoms with Crippen molar-refractivity contribution in [2.75, 3.05) is 39.5 Å². The minimum atomic E-state index is -0.283. The minimum Gasteiger partial charge on any atom is -0.493 e. The van der Waals surface area contributed by atoms with E-state index in [2.05, 4.69) is 25.9 Å². The molecule has 0 unspecified atom stereocenters. The summed E-state index contributed by atoms with van der Waals surface area (Å²) in [5.74, 6) is 0.708. The van der Waals surface area contributed by atoms with E-state index >= 15 is 0 Å². The molecule has 2 N–H and O–H groups in total. The van der Waals surface area contributed by atoms with E-state index in [1.807, 2.05) is 30.3 Å². The van der Waals surface area contributed by atoms with Crippen molar-refractivity contribution in [1.82, 2.24) is 19.9 Å². The molecule has 0 atom stereocenters. The van der Waals surface area contributed by atoms with Crippen LogP contribution in [0.15, 0.2) is 47.3 Å². The number of hydrogen-bond acceptors (Lipinski definition) is 6. The van der Waals surface area contributed by atoms with E-state index in [9.17, 15) is 4.79 Å². The van der Waals surface area contributed by atoms with Gasteiger partial charge in [-0.3, -0.25) is 9.69 Å². The molecular formula is C24H23N5O3. The summed E-state index contributed by atoms with van der Waals surface area (Å²) in [5, 5.41) is 9.95. The lowest BCUT2D eigenvalue weighted by atomic mass is 10.2. The average Bonchev–Trinajstić information content (AvgIpc) is 3.25. The lowest BCUT2D eigenvalue weighted by molar-refractivity contribution is 0.0358. The van der Waals surface area contributed by atoms with Crippen molar-refractivity contribution in [3.05, 3.63) is 58.4 Å². The summed E-state index contributed by atoms with van der Waals surface area (Å²) >= 11 is 0. The predicted octanol–water partition coefficient (Wildman–Crippen LogP) is 3.04. The zero-order valence-electron chi connectivity index (χ0n) is 17.6. The van der Waals surface area contributed by atoms with Crippen LogP contribution in [-0.2, 0) is 4.74 Å². The molecule has 1 aliphatic rings. The molecule has 0 spiro atoms. The van der Waals surface area contributed by atoms with Crippen LogP contribution in [0.5, 0.6) is 5.75 Å². The molecule has 8 nitrogen and oxygen atoms in total. The zero-order valence-corrected chi connectivity index (χ0v) is 17.6. The number of fused-ring (bicyclic) bond motifs is 2. The molecule has 3 heterocycles. The lowest BCUT2D eigenvalue weighted by Crippen LogP contribution is -2.37. The molecule has 8 heteroatoms. The maximum Gasteiger partial charge on any atom is 0.276 e. The van der Waals surface area contributed by atoms with Gasteiger partial charge in [0.2, 0.25) is 0 Å². The second-order valence-corrected chi connectivity index (χ2v) is 7.85. The van der Waals surface area contributed by atoms with Gasteiger partial charge in [-0.1, -0.05) is 0 Å². The topological polar surface area (TPSA) is 107 Å². The van der Waals surface area contributed by atoms with E-state index in [4.69, 9.17) is 14.7 Å². The number of ether oxygens (including phenoxy) is 2. The van der Waals surface area contributed by atoms with Crippen LogP contribution in [0.3, 0.4) is 0 Å². The van der Waals surface area contributed by atoms with Crippen molar-refractivity contribution in [3.63, 3.8) is 0 Å². The molecule has 0 amide bonds. The maximum atomic E-state index is 12.7. The lowest BCUT2D eigenvalue weighted by Gasteiger charge is -2.26. The van der Waals surface area contributed by atoms with Crippen LogP contribution in [-0.4, -0.2) is 59.3 Å². The smallest absolute Gasteiger partial charge is 0.276 e. The van der Waals surface area contributed by atoms with Crippen LogP contribution in [0.2, 0.25) is 0 Å². The molecule has 1 saturated heterocycles. The van der Waals surface area contributed by atoms with Gasteiger partial charge in [0.25, 0.3) is 5.56 Å². The first-order valence-corrected chi connectivity index (χ1v) is 10.7. The maximum absolute atomic E-state index is 12.7. The fraction of sp³-hybridized carbons (Fsp3) is 0.292. The number of aromatic amines is 2. The Morgan fingerprint density at radius 3 is 2.81 bits per heavy atom. The van der Waals surface area contributed by atoms with Gasteiger partial charge in [-0.05, 0) is 42.8 Å². The highest BCUT2D eigenvalue weighted by Crippen LogP contribution is 2.24. The van der Waals surface area contributed by atoms with Crippen LogP contribution in [0.1, 0.15) is 12.0 Å². The summed E-state index contributed by atoms with van der Waals surface area (Å²) in [6, 6.07) is 14.9. The standard InChI is InChI=1S/C24H23N5O3/c25-15-16-2-4-19-17(12-16)13-22(26-19)23-24(30)28-21-14-18(3-5-20(21)27-23)32-9-1-6-29-7-10-31-11-8-29/h2-5,12-14,26H,1,6-11H2,(H,28,30). The summed E-state index contributed by atoms with van der Waals surface area (Å²) in [7, 11) is 0. The first-order chi connectivity index (χ1) is 15.7. The Labute approximate surface area is 184 Å². The van der Waals surface area contributed by atoms with Crippen LogP contribution in [0.4, 0.5) is 0 Å². The van der Waals surface area contributed by atoms with Crippen LogP contribution in [0, 0.1) is 11.3 Å². The number of morpholine rings is 1. The van der Waals surface area contributed by atoms with Gasteiger partial charge in [0.05, 0.1) is 48.2 Å². The largest absolute Gasteiger partial charge is 0.493 e. The molecule has 0 aliphatic carbocycles. The Kier molecular flexibility index (Phi) is 5.58. The molecule has 5 rings (SSSR count). The van der Waals surface area contributed by atoms with Crippen molar-refractivity contribution in [1.29, 1.82) is 5.26 Å². The average molecular weight is 429 g/mol. The number of aromatic nitrogens is 3. The minimum absolute atomic E-state index is 0.283. The third-order valence-electron chi connectivity index (χ3n) is 5.66. The second-order valence-electron chi connectivity index (χ2n) is 7.85. The van der Waals surface area contributed by atoms with Gasteiger partial charge in [0.15, 0.2) is 5.69 Å². The van der Waals surface area contributed by atoms with Gasteiger partial charge in [0.1, 0.15) is 5.75 Å². The van der Waals surface area contributed by atoms with Crippen molar-refractivity contribution in [3.8, 4) is 23.2 Å². The Morgan fingerprint density at radius 2 is 1.97 bits per heavy atom.